The van der Waals surface area contributed by atoms with Gasteiger partial charge in [-0.1, -0.05) is 23.8 Å². The molecule has 2 heterocycles. The van der Waals surface area contributed by atoms with Crippen LogP contribution in [0.15, 0.2) is 49.1 Å². The lowest BCUT2D eigenvalue weighted by atomic mass is 9.97. The van der Waals surface area contributed by atoms with Gasteiger partial charge in [-0.15, -0.1) is 0 Å². The Labute approximate surface area is 140 Å². The molecule has 0 unspecified atom stereocenters. The molecule has 0 bridgehead atoms. The van der Waals surface area contributed by atoms with Crippen molar-refractivity contribution in [2.24, 2.45) is 0 Å². The molecule has 120 valence electrons. The van der Waals surface area contributed by atoms with Crippen LogP contribution in [-0.4, -0.2) is 26.0 Å². The average molecular weight is 319 g/mol. The van der Waals surface area contributed by atoms with Crippen LogP contribution in [0.25, 0.3) is 11.4 Å². The van der Waals surface area contributed by atoms with Crippen LogP contribution in [0.1, 0.15) is 32.6 Å². The maximum atomic E-state index is 11.4. The van der Waals surface area contributed by atoms with Crippen molar-refractivity contribution in [2.45, 2.75) is 20.3 Å². The van der Waals surface area contributed by atoms with E-state index in [1.54, 1.807) is 30.9 Å². The second-order valence-corrected chi connectivity index (χ2v) is 5.74. The van der Waals surface area contributed by atoms with Crippen molar-refractivity contribution in [3.05, 3.63) is 76.9 Å². The number of aromatic nitrogens is 3. The summed E-state index contributed by atoms with van der Waals surface area (Å²) in [5, 5.41) is 9.38. The summed E-state index contributed by atoms with van der Waals surface area (Å²) in [7, 11) is 0. The third kappa shape index (κ3) is 3.30. The van der Waals surface area contributed by atoms with Crippen molar-refractivity contribution in [1.29, 1.82) is 0 Å². The standard InChI is InChI=1S/C19H17N3O2/c1-12-3-4-15(16(7-12)19(23)24)9-14-8-13(2)18(22-10-14)17-11-20-5-6-21-17/h3-8,10-11H,9H2,1-2H3,(H,23,24). The molecule has 0 atom stereocenters. The summed E-state index contributed by atoms with van der Waals surface area (Å²) >= 11 is 0. The minimum atomic E-state index is -0.908. The van der Waals surface area contributed by atoms with Crippen LogP contribution < -0.4 is 0 Å². The van der Waals surface area contributed by atoms with Crippen molar-refractivity contribution in [1.82, 2.24) is 15.0 Å². The number of benzene rings is 1. The molecule has 5 heteroatoms. The largest absolute Gasteiger partial charge is 0.478 e. The van der Waals surface area contributed by atoms with E-state index in [4.69, 9.17) is 0 Å². The quantitative estimate of drug-likeness (QED) is 0.797. The van der Waals surface area contributed by atoms with E-state index in [9.17, 15) is 9.90 Å². The fourth-order valence-corrected chi connectivity index (χ4v) is 2.68. The Hall–Kier alpha value is -3.08. The second kappa shape index (κ2) is 6.58. The minimum Gasteiger partial charge on any atom is -0.478 e. The summed E-state index contributed by atoms with van der Waals surface area (Å²) in [5.74, 6) is -0.908. The minimum absolute atomic E-state index is 0.339. The molecule has 1 N–H and O–H groups in total. The molecule has 0 aliphatic carbocycles. The fourth-order valence-electron chi connectivity index (χ4n) is 2.68. The molecule has 1 aromatic carbocycles. The van der Waals surface area contributed by atoms with E-state index in [0.717, 1.165) is 33.6 Å². The maximum Gasteiger partial charge on any atom is 0.335 e. The van der Waals surface area contributed by atoms with E-state index in [1.807, 2.05) is 32.0 Å². The molecule has 0 saturated heterocycles. The van der Waals surface area contributed by atoms with Crippen molar-refractivity contribution >= 4 is 5.97 Å². The van der Waals surface area contributed by atoms with Gasteiger partial charge in [-0.05, 0) is 43.0 Å². The van der Waals surface area contributed by atoms with Crippen LogP contribution in [0.3, 0.4) is 0 Å². The normalized spacial score (nSPS) is 10.6. The third-order valence-corrected chi connectivity index (χ3v) is 3.83. The summed E-state index contributed by atoms with van der Waals surface area (Å²) in [5.41, 5.74) is 5.51. The molecule has 3 aromatic rings. The van der Waals surface area contributed by atoms with Gasteiger partial charge in [0, 0.05) is 18.6 Å². The van der Waals surface area contributed by atoms with Crippen LogP contribution in [0.2, 0.25) is 0 Å². The highest BCUT2D eigenvalue weighted by Crippen LogP contribution is 2.21. The van der Waals surface area contributed by atoms with Gasteiger partial charge in [0.05, 0.1) is 17.5 Å². The third-order valence-electron chi connectivity index (χ3n) is 3.83. The molecule has 2 aromatic heterocycles. The van der Waals surface area contributed by atoms with Crippen molar-refractivity contribution in [3.63, 3.8) is 0 Å². The Morgan fingerprint density at radius 2 is 1.92 bits per heavy atom. The predicted octanol–water partition coefficient (Wildman–Crippen LogP) is 3.44. The summed E-state index contributed by atoms with van der Waals surface area (Å²) < 4.78 is 0. The number of carboxylic acids is 1. The Morgan fingerprint density at radius 3 is 2.58 bits per heavy atom. The Kier molecular flexibility index (Phi) is 4.33. The van der Waals surface area contributed by atoms with Crippen molar-refractivity contribution < 1.29 is 9.90 Å². The SMILES string of the molecule is Cc1ccc(Cc2cnc(-c3cnccn3)c(C)c2)c(C(=O)O)c1. The number of aryl methyl sites for hydroxylation is 2. The van der Waals surface area contributed by atoms with Gasteiger partial charge in [-0.2, -0.15) is 0 Å². The van der Waals surface area contributed by atoms with E-state index in [1.165, 1.54) is 0 Å². The highest BCUT2D eigenvalue weighted by atomic mass is 16.4. The van der Waals surface area contributed by atoms with Gasteiger partial charge in [0.15, 0.2) is 0 Å². The first-order valence-electron chi connectivity index (χ1n) is 7.59. The number of aromatic carboxylic acids is 1. The first-order chi connectivity index (χ1) is 11.5. The highest BCUT2D eigenvalue weighted by molar-refractivity contribution is 5.89. The Morgan fingerprint density at radius 1 is 1.08 bits per heavy atom. The lowest BCUT2D eigenvalue weighted by molar-refractivity contribution is 0.0695. The van der Waals surface area contributed by atoms with E-state index in [2.05, 4.69) is 15.0 Å². The van der Waals surface area contributed by atoms with Crippen LogP contribution in [-0.2, 0) is 6.42 Å². The van der Waals surface area contributed by atoms with Gasteiger partial charge in [0.25, 0.3) is 0 Å². The summed E-state index contributed by atoms with van der Waals surface area (Å²) in [6.45, 7) is 3.85. The first-order valence-corrected chi connectivity index (χ1v) is 7.59. The molecule has 0 spiro atoms. The molecule has 0 aliphatic heterocycles. The van der Waals surface area contributed by atoms with Gasteiger partial charge in [-0.3, -0.25) is 15.0 Å². The number of carbonyl (C=O) groups is 1. The highest BCUT2D eigenvalue weighted by Gasteiger charge is 2.12. The Bertz CT molecular complexity index is 892. The molecule has 0 fully saturated rings. The zero-order valence-electron chi connectivity index (χ0n) is 13.5. The van der Waals surface area contributed by atoms with E-state index in [0.29, 0.717) is 12.0 Å². The fraction of sp³-hybridized carbons (Fsp3) is 0.158. The topological polar surface area (TPSA) is 76.0 Å². The average Bonchev–Trinajstić information content (AvgIpc) is 2.57. The van der Waals surface area contributed by atoms with Gasteiger partial charge in [-0.25, -0.2) is 4.79 Å². The number of carboxylic acid groups (broad SMARTS) is 1. The smallest absolute Gasteiger partial charge is 0.335 e. The molecule has 0 saturated carbocycles. The molecular formula is C19H17N3O2. The number of hydrogen-bond acceptors (Lipinski definition) is 4. The first kappa shape index (κ1) is 15.8. The van der Waals surface area contributed by atoms with Crippen LogP contribution in [0.4, 0.5) is 0 Å². The maximum absolute atomic E-state index is 11.4. The van der Waals surface area contributed by atoms with Crippen LogP contribution >= 0.6 is 0 Å². The Balaban J connectivity index is 1.93. The van der Waals surface area contributed by atoms with Gasteiger partial charge < -0.3 is 5.11 Å². The van der Waals surface area contributed by atoms with E-state index in [-0.39, 0.29) is 0 Å². The van der Waals surface area contributed by atoms with Gasteiger partial charge in [0.2, 0.25) is 0 Å². The zero-order chi connectivity index (χ0) is 17.1. The molecular weight excluding hydrogens is 302 g/mol. The zero-order valence-corrected chi connectivity index (χ0v) is 13.5. The van der Waals surface area contributed by atoms with E-state index >= 15 is 0 Å². The lowest BCUT2D eigenvalue weighted by Gasteiger charge is -2.10. The van der Waals surface area contributed by atoms with Crippen LogP contribution in [0.5, 0.6) is 0 Å². The number of hydrogen-bond donors (Lipinski definition) is 1. The van der Waals surface area contributed by atoms with Crippen molar-refractivity contribution in [2.75, 3.05) is 0 Å². The number of nitrogens with zero attached hydrogens (tertiary/aromatic N) is 3. The summed E-state index contributed by atoms with van der Waals surface area (Å²) in [6.07, 6.45) is 7.23. The predicted molar refractivity (Wildman–Crippen MR) is 90.9 cm³/mol. The second-order valence-electron chi connectivity index (χ2n) is 5.74. The molecule has 5 nitrogen and oxygen atoms in total. The molecule has 0 radical (unpaired) electrons. The molecule has 0 aliphatic rings. The molecule has 24 heavy (non-hydrogen) atoms. The molecule has 3 rings (SSSR count). The van der Waals surface area contributed by atoms with Gasteiger partial charge in [0.1, 0.15) is 5.69 Å². The summed E-state index contributed by atoms with van der Waals surface area (Å²) in [6, 6.07) is 7.51. The summed E-state index contributed by atoms with van der Waals surface area (Å²) in [4.78, 5) is 24.3. The van der Waals surface area contributed by atoms with Crippen LogP contribution in [0, 0.1) is 13.8 Å². The van der Waals surface area contributed by atoms with E-state index < -0.39 is 5.97 Å². The molecule has 0 amide bonds. The lowest BCUT2D eigenvalue weighted by Crippen LogP contribution is -2.04. The monoisotopic (exact) mass is 319 g/mol. The number of pyridine rings is 1. The van der Waals surface area contributed by atoms with Gasteiger partial charge >= 0.3 is 5.97 Å². The number of rotatable bonds is 4. The van der Waals surface area contributed by atoms with Crippen molar-refractivity contribution in [3.8, 4) is 11.4 Å².